The van der Waals surface area contributed by atoms with Crippen molar-refractivity contribution in [2.75, 3.05) is 32.6 Å². The highest BCUT2D eigenvalue weighted by atomic mass is 16.5. The van der Waals surface area contributed by atoms with Gasteiger partial charge in [-0.2, -0.15) is 0 Å². The lowest BCUT2D eigenvalue weighted by molar-refractivity contribution is -0.860. The van der Waals surface area contributed by atoms with Crippen LogP contribution >= 0.6 is 0 Å². The van der Waals surface area contributed by atoms with E-state index in [9.17, 15) is 9.59 Å². The van der Waals surface area contributed by atoms with Crippen LogP contribution in [0.4, 0.5) is 10.5 Å². The summed E-state index contributed by atoms with van der Waals surface area (Å²) in [5.74, 6) is -0.150. The number of hydrogen-bond acceptors (Lipinski definition) is 3. The molecule has 0 radical (unpaired) electrons. The fraction of sp³-hybridized carbons (Fsp3) is 0.300. The van der Waals surface area contributed by atoms with Crippen molar-refractivity contribution in [1.29, 1.82) is 0 Å². The molecule has 1 atom stereocenters. The van der Waals surface area contributed by atoms with Gasteiger partial charge in [-0.3, -0.25) is 10.1 Å². The monoisotopic (exact) mass is 356 g/mol. The number of ether oxygens (including phenoxy) is 1. The zero-order valence-corrected chi connectivity index (χ0v) is 15.4. The van der Waals surface area contributed by atoms with E-state index in [2.05, 4.69) is 24.7 Å². The molecule has 0 spiro atoms. The average molecular weight is 356 g/mol. The van der Waals surface area contributed by atoms with E-state index in [4.69, 9.17) is 4.74 Å². The first-order valence-corrected chi connectivity index (χ1v) is 8.68. The smallest absolute Gasteiger partial charge is 0.411 e. The van der Waals surface area contributed by atoms with E-state index in [0.717, 1.165) is 12.1 Å². The summed E-state index contributed by atoms with van der Waals surface area (Å²) in [6, 6.07) is 16.6. The highest BCUT2D eigenvalue weighted by Crippen LogP contribution is 2.14. The van der Waals surface area contributed by atoms with Crippen LogP contribution in [-0.4, -0.2) is 39.2 Å². The molecule has 2 aromatic carbocycles. The standard InChI is InChI=1S/C20H25N3O3/c1-4-26-20(25)21-17-12-10-16(11-13-17)19(24)22-18(14-23(2)3)15-8-6-5-7-9-15/h5-13,18H,4,14H2,1-3H3,(H,21,25)(H,22,24)/p+1/t18-/m1/s1. The molecule has 0 saturated carbocycles. The molecule has 0 aromatic heterocycles. The number of quaternary nitrogens is 1. The summed E-state index contributed by atoms with van der Waals surface area (Å²) in [6.45, 7) is 2.82. The molecule has 2 amide bonds. The molecule has 2 aromatic rings. The van der Waals surface area contributed by atoms with Crippen LogP contribution in [0, 0.1) is 0 Å². The van der Waals surface area contributed by atoms with E-state index in [1.807, 2.05) is 30.3 Å². The summed E-state index contributed by atoms with van der Waals surface area (Å²) in [5.41, 5.74) is 2.19. The third-order valence-electron chi connectivity index (χ3n) is 3.79. The number of benzene rings is 2. The number of nitrogens with one attached hydrogen (secondary N) is 3. The lowest BCUT2D eigenvalue weighted by Gasteiger charge is -2.21. The van der Waals surface area contributed by atoms with Crippen LogP contribution in [0.3, 0.4) is 0 Å². The highest BCUT2D eigenvalue weighted by molar-refractivity contribution is 5.95. The normalized spacial score (nSPS) is 11.7. The summed E-state index contributed by atoms with van der Waals surface area (Å²) >= 11 is 0. The van der Waals surface area contributed by atoms with Gasteiger partial charge < -0.3 is 15.0 Å². The fourth-order valence-electron chi connectivity index (χ4n) is 2.58. The molecule has 0 unspecified atom stereocenters. The highest BCUT2D eigenvalue weighted by Gasteiger charge is 2.18. The maximum absolute atomic E-state index is 12.6. The topological polar surface area (TPSA) is 71.9 Å². The van der Waals surface area contributed by atoms with E-state index in [-0.39, 0.29) is 11.9 Å². The van der Waals surface area contributed by atoms with Gasteiger partial charge >= 0.3 is 6.09 Å². The van der Waals surface area contributed by atoms with Crippen LogP contribution in [-0.2, 0) is 4.74 Å². The van der Waals surface area contributed by atoms with Crippen LogP contribution in [0.25, 0.3) is 0 Å². The Hall–Kier alpha value is -2.86. The summed E-state index contributed by atoms with van der Waals surface area (Å²) < 4.78 is 4.83. The van der Waals surface area contributed by atoms with Crippen LogP contribution in [0.2, 0.25) is 0 Å². The van der Waals surface area contributed by atoms with Crippen molar-refractivity contribution in [3.05, 3.63) is 65.7 Å². The van der Waals surface area contributed by atoms with Crippen molar-refractivity contribution in [3.63, 3.8) is 0 Å². The first-order chi connectivity index (χ1) is 12.5. The Morgan fingerprint density at radius 3 is 2.27 bits per heavy atom. The predicted molar refractivity (Wildman–Crippen MR) is 101 cm³/mol. The largest absolute Gasteiger partial charge is 0.450 e. The molecule has 6 nitrogen and oxygen atoms in total. The minimum atomic E-state index is -0.511. The zero-order valence-electron chi connectivity index (χ0n) is 15.4. The molecule has 0 bridgehead atoms. The van der Waals surface area contributed by atoms with Gasteiger partial charge in [0.1, 0.15) is 12.6 Å². The summed E-state index contributed by atoms with van der Waals surface area (Å²) in [6.07, 6.45) is -0.511. The fourth-order valence-corrected chi connectivity index (χ4v) is 2.58. The van der Waals surface area contributed by atoms with Gasteiger partial charge in [0.25, 0.3) is 5.91 Å². The molecule has 0 saturated heterocycles. The van der Waals surface area contributed by atoms with Crippen LogP contribution in [0.1, 0.15) is 28.9 Å². The Balaban J connectivity index is 2.05. The van der Waals surface area contributed by atoms with Crippen molar-refractivity contribution in [1.82, 2.24) is 5.32 Å². The average Bonchev–Trinajstić information content (AvgIpc) is 2.62. The van der Waals surface area contributed by atoms with Crippen molar-refractivity contribution >= 4 is 17.7 Å². The Morgan fingerprint density at radius 1 is 1.04 bits per heavy atom. The van der Waals surface area contributed by atoms with Gasteiger partial charge in [0, 0.05) is 11.3 Å². The molecule has 0 aliphatic rings. The third kappa shape index (κ3) is 5.89. The lowest BCUT2D eigenvalue weighted by atomic mass is 10.1. The second kappa shape index (κ2) is 9.58. The summed E-state index contributed by atoms with van der Waals surface area (Å²) in [4.78, 5) is 25.3. The van der Waals surface area contributed by atoms with Gasteiger partial charge in [0.05, 0.1) is 20.7 Å². The summed E-state index contributed by atoms with van der Waals surface area (Å²) in [5, 5.41) is 5.70. The van der Waals surface area contributed by atoms with E-state index in [1.165, 1.54) is 4.90 Å². The van der Waals surface area contributed by atoms with Crippen LogP contribution in [0.5, 0.6) is 0 Å². The Bertz CT molecular complexity index is 715. The van der Waals surface area contributed by atoms with Gasteiger partial charge in [-0.15, -0.1) is 0 Å². The molecular formula is C20H26N3O3+. The van der Waals surface area contributed by atoms with Gasteiger partial charge in [-0.05, 0) is 36.8 Å². The van der Waals surface area contributed by atoms with Crippen molar-refractivity contribution in [2.24, 2.45) is 0 Å². The Morgan fingerprint density at radius 2 is 1.69 bits per heavy atom. The number of likely N-dealkylation sites (N-methyl/N-ethyl adjacent to an activating group) is 1. The number of carbonyl (C=O) groups excluding carboxylic acids is 2. The first kappa shape index (κ1) is 19.5. The van der Waals surface area contributed by atoms with E-state index in [1.54, 1.807) is 31.2 Å². The molecule has 0 aliphatic heterocycles. The van der Waals surface area contributed by atoms with Gasteiger partial charge in [-0.25, -0.2) is 4.79 Å². The quantitative estimate of drug-likeness (QED) is 0.709. The van der Waals surface area contributed by atoms with E-state index in [0.29, 0.717) is 17.9 Å². The second-order valence-electron chi connectivity index (χ2n) is 6.27. The number of amides is 2. The molecule has 26 heavy (non-hydrogen) atoms. The third-order valence-corrected chi connectivity index (χ3v) is 3.79. The predicted octanol–water partition coefficient (Wildman–Crippen LogP) is 1.87. The minimum Gasteiger partial charge on any atom is -0.450 e. The molecule has 6 heteroatoms. The Labute approximate surface area is 154 Å². The molecule has 0 fully saturated rings. The molecule has 3 N–H and O–H groups in total. The number of rotatable bonds is 7. The van der Waals surface area contributed by atoms with Gasteiger partial charge in [0.2, 0.25) is 0 Å². The number of anilines is 1. The molecule has 2 rings (SSSR count). The van der Waals surface area contributed by atoms with Crippen LogP contribution < -0.4 is 15.5 Å². The molecule has 0 heterocycles. The maximum Gasteiger partial charge on any atom is 0.411 e. The first-order valence-electron chi connectivity index (χ1n) is 8.68. The van der Waals surface area contributed by atoms with Gasteiger partial charge in [-0.1, -0.05) is 30.3 Å². The van der Waals surface area contributed by atoms with E-state index >= 15 is 0 Å². The Kier molecular flexibility index (Phi) is 7.17. The maximum atomic E-state index is 12.6. The molecule has 0 aliphatic carbocycles. The van der Waals surface area contributed by atoms with Crippen LogP contribution in [0.15, 0.2) is 54.6 Å². The van der Waals surface area contributed by atoms with Gasteiger partial charge in [0.15, 0.2) is 0 Å². The lowest BCUT2D eigenvalue weighted by Crippen LogP contribution is -3.06. The minimum absolute atomic E-state index is 0.0777. The zero-order chi connectivity index (χ0) is 18.9. The number of carbonyl (C=O) groups is 2. The number of hydrogen-bond donors (Lipinski definition) is 3. The SMILES string of the molecule is CCOC(=O)Nc1ccc(C(=O)N[C@H](C[NH+](C)C)c2ccccc2)cc1. The second-order valence-corrected chi connectivity index (χ2v) is 6.27. The van der Waals surface area contributed by atoms with Crippen molar-refractivity contribution in [3.8, 4) is 0 Å². The van der Waals surface area contributed by atoms with Crippen molar-refractivity contribution in [2.45, 2.75) is 13.0 Å². The molecule has 138 valence electrons. The summed E-state index contributed by atoms with van der Waals surface area (Å²) in [7, 11) is 4.11. The van der Waals surface area contributed by atoms with E-state index < -0.39 is 6.09 Å². The molecular weight excluding hydrogens is 330 g/mol. The van der Waals surface area contributed by atoms with Crippen molar-refractivity contribution < 1.29 is 19.2 Å².